The number of hydrogen-bond donors (Lipinski definition) is 0. The van der Waals surface area contributed by atoms with Gasteiger partial charge < -0.3 is 4.74 Å². The van der Waals surface area contributed by atoms with Crippen LogP contribution >= 0.6 is 0 Å². The molecule has 0 fully saturated rings. The van der Waals surface area contributed by atoms with Gasteiger partial charge in [-0.15, -0.1) is 0 Å². The molecule has 2 aromatic carbocycles. The summed E-state index contributed by atoms with van der Waals surface area (Å²) in [7, 11) is 0. The fourth-order valence-corrected chi connectivity index (χ4v) is 1.90. The van der Waals surface area contributed by atoms with Crippen molar-refractivity contribution >= 4 is 17.7 Å². The van der Waals surface area contributed by atoms with Gasteiger partial charge >= 0.3 is 6.61 Å². The van der Waals surface area contributed by atoms with Crippen LogP contribution in [-0.4, -0.2) is 30.1 Å². The Kier molecular flexibility index (Phi) is 5.67. The molecule has 0 saturated carbocycles. The van der Waals surface area contributed by atoms with Crippen LogP contribution in [0.1, 0.15) is 15.9 Å². The number of ether oxygens (including phenoxy) is 1. The Labute approximate surface area is 135 Å². The maximum Gasteiger partial charge on any atom is 0.387 e. The van der Waals surface area contributed by atoms with Gasteiger partial charge in [0, 0.05) is 29.5 Å². The quantitative estimate of drug-likeness (QED) is 0.336. The third-order valence-corrected chi connectivity index (χ3v) is 2.98. The van der Waals surface area contributed by atoms with Gasteiger partial charge in [0.15, 0.2) is 5.78 Å². The first kappa shape index (κ1) is 17.2. The zero-order valence-corrected chi connectivity index (χ0v) is 12.3. The SMILES string of the molecule is O=C(CN=Cc1cc([N+](=O)[O-])ccc1OC(F)F)c1ccccc1. The van der Waals surface area contributed by atoms with Crippen molar-refractivity contribution in [2.45, 2.75) is 6.61 Å². The van der Waals surface area contributed by atoms with E-state index in [2.05, 4.69) is 9.73 Å². The topological polar surface area (TPSA) is 81.8 Å². The summed E-state index contributed by atoms with van der Waals surface area (Å²) in [6.07, 6.45) is 1.10. The Morgan fingerprint density at radius 2 is 1.96 bits per heavy atom. The van der Waals surface area contributed by atoms with Gasteiger partial charge in [-0.2, -0.15) is 8.78 Å². The monoisotopic (exact) mass is 334 g/mol. The number of ketones is 1. The number of carbonyl (C=O) groups excluding carboxylic acids is 1. The molecule has 0 bridgehead atoms. The van der Waals surface area contributed by atoms with Gasteiger partial charge in [0.1, 0.15) is 12.3 Å². The summed E-state index contributed by atoms with van der Waals surface area (Å²) in [4.78, 5) is 25.9. The lowest BCUT2D eigenvalue weighted by Gasteiger charge is -2.07. The highest BCUT2D eigenvalue weighted by Crippen LogP contribution is 2.24. The number of nitro groups is 1. The van der Waals surface area contributed by atoms with E-state index in [1.165, 1.54) is 0 Å². The van der Waals surface area contributed by atoms with Crippen LogP contribution in [0.25, 0.3) is 0 Å². The van der Waals surface area contributed by atoms with Crippen molar-refractivity contribution in [3.8, 4) is 5.75 Å². The van der Waals surface area contributed by atoms with Gasteiger partial charge in [0.2, 0.25) is 0 Å². The van der Waals surface area contributed by atoms with Gasteiger partial charge in [-0.3, -0.25) is 19.9 Å². The summed E-state index contributed by atoms with van der Waals surface area (Å²) in [6, 6.07) is 11.6. The number of rotatable bonds is 7. The first-order valence-electron chi connectivity index (χ1n) is 6.78. The summed E-state index contributed by atoms with van der Waals surface area (Å²) in [6.45, 7) is -3.30. The summed E-state index contributed by atoms with van der Waals surface area (Å²) in [5, 5.41) is 10.8. The number of Topliss-reactive ketones (excluding diaryl/α,β-unsaturated/α-hetero) is 1. The highest BCUT2D eigenvalue weighted by atomic mass is 19.3. The zero-order valence-electron chi connectivity index (χ0n) is 12.3. The van der Waals surface area contributed by atoms with E-state index in [1.54, 1.807) is 30.3 Å². The van der Waals surface area contributed by atoms with Crippen LogP contribution in [0.5, 0.6) is 5.75 Å². The minimum Gasteiger partial charge on any atom is -0.434 e. The number of non-ortho nitro benzene ring substituents is 1. The molecule has 0 heterocycles. The third-order valence-electron chi connectivity index (χ3n) is 2.98. The van der Waals surface area contributed by atoms with Gasteiger partial charge in [0.25, 0.3) is 5.69 Å². The Morgan fingerprint density at radius 1 is 1.25 bits per heavy atom. The molecule has 0 aliphatic carbocycles. The van der Waals surface area contributed by atoms with Gasteiger partial charge in [-0.25, -0.2) is 0 Å². The van der Waals surface area contributed by atoms with Crippen molar-refractivity contribution in [1.29, 1.82) is 0 Å². The number of nitro benzene ring substituents is 1. The molecule has 124 valence electrons. The van der Waals surface area contributed by atoms with Crippen LogP contribution in [0.15, 0.2) is 53.5 Å². The van der Waals surface area contributed by atoms with E-state index in [-0.39, 0.29) is 29.3 Å². The average molecular weight is 334 g/mol. The van der Waals surface area contributed by atoms with Gasteiger partial charge in [-0.05, 0) is 6.07 Å². The number of aliphatic imine (C=N–C) groups is 1. The Morgan fingerprint density at radius 3 is 2.58 bits per heavy atom. The summed E-state index contributed by atoms with van der Waals surface area (Å²) in [5.41, 5.74) is 0.149. The van der Waals surface area contributed by atoms with Gasteiger partial charge in [0.05, 0.1) is 4.92 Å². The highest BCUT2D eigenvalue weighted by Gasteiger charge is 2.14. The van der Waals surface area contributed by atoms with Crippen molar-refractivity contribution in [2.75, 3.05) is 6.54 Å². The summed E-state index contributed by atoms with van der Waals surface area (Å²) >= 11 is 0. The molecule has 24 heavy (non-hydrogen) atoms. The van der Waals surface area contributed by atoms with Crippen LogP contribution in [0, 0.1) is 10.1 Å². The molecule has 6 nitrogen and oxygen atoms in total. The second kappa shape index (κ2) is 7.91. The second-order valence-electron chi connectivity index (χ2n) is 4.62. The molecule has 0 aromatic heterocycles. The van der Waals surface area contributed by atoms with Crippen molar-refractivity contribution in [2.24, 2.45) is 4.99 Å². The maximum atomic E-state index is 12.4. The molecule has 2 aromatic rings. The Balaban J connectivity index is 2.18. The first-order chi connectivity index (χ1) is 11.5. The third kappa shape index (κ3) is 4.67. The number of nitrogens with zero attached hydrogens (tertiary/aromatic N) is 2. The molecule has 0 aliphatic rings. The average Bonchev–Trinajstić information content (AvgIpc) is 2.56. The molecule has 0 aliphatic heterocycles. The van der Waals surface area contributed by atoms with Crippen LogP contribution in [-0.2, 0) is 0 Å². The van der Waals surface area contributed by atoms with Crippen molar-refractivity contribution in [3.63, 3.8) is 0 Å². The molecule has 0 atom stereocenters. The van der Waals surface area contributed by atoms with E-state index in [0.29, 0.717) is 5.56 Å². The fourth-order valence-electron chi connectivity index (χ4n) is 1.90. The lowest BCUT2D eigenvalue weighted by molar-refractivity contribution is -0.384. The number of halogens is 2. The van der Waals surface area contributed by atoms with E-state index in [1.807, 2.05) is 0 Å². The molecule has 0 N–H and O–H groups in total. The second-order valence-corrected chi connectivity index (χ2v) is 4.62. The van der Waals surface area contributed by atoms with E-state index in [4.69, 9.17) is 0 Å². The minimum atomic E-state index is -3.08. The lowest BCUT2D eigenvalue weighted by Crippen LogP contribution is -2.06. The predicted molar refractivity (Wildman–Crippen MR) is 83.0 cm³/mol. The van der Waals surface area contributed by atoms with E-state index in [9.17, 15) is 23.7 Å². The predicted octanol–water partition coefficient (Wildman–Crippen LogP) is 3.50. The highest BCUT2D eigenvalue weighted by molar-refractivity contribution is 5.98. The summed E-state index contributed by atoms with van der Waals surface area (Å²) in [5.74, 6) is -0.528. The Bertz CT molecular complexity index is 764. The van der Waals surface area contributed by atoms with Gasteiger partial charge in [-0.1, -0.05) is 30.3 Å². The van der Waals surface area contributed by atoms with Crippen LogP contribution in [0.3, 0.4) is 0 Å². The van der Waals surface area contributed by atoms with Crippen molar-refractivity contribution in [3.05, 3.63) is 69.8 Å². The molecule has 0 spiro atoms. The minimum absolute atomic E-state index is 0.00892. The van der Waals surface area contributed by atoms with Crippen molar-refractivity contribution < 1.29 is 23.2 Å². The fraction of sp³-hybridized carbons (Fsp3) is 0.125. The number of alkyl halides is 2. The molecular weight excluding hydrogens is 322 g/mol. The summed E-state index contributed by atoms with van der Waals surface area (Å²) < 4.78 is 29.0. The molecule has 0 unspecified atom stereocenters. The lowest BCUT2D eigenvalue weighted by atomic mass is 10.1. The molecule has 8 heteroatoms. The number of hydrogen-bond acceptors (Lipinski definition) is 5. The largest absolute Gasteiger partial charge is 0.434 e. The normalized spacial score (nSPS) is 11.0. The van der Waals surface area contributed by atoms with Crippen LogP contribution < -0.4 is 4.74 Å². The molecular formula is C16H12F2N2O4. The maximum absolute atomic E-state index is 12.4. The first-order valence-corrected chi connectivity index (χ1v) is 6.78. The Hall–Kier alpha value is -3.16. The van der Waals surface area contributed by atoms with E-state index < -0.39 is 11.5 Å². The molecule has 0 saturated heterocycles. The number of carbonyl (C=O) groups is 1. The zero-order chi connectivity index (χ0) is 17.5. The van der Waals surface area contributed by atoms with Crippen LogP contribution in [0.2, 0.25) is 0 Å². The van der Waals surface area contributed by atoms with Crippen molar-refractivity contribution in [1.82, 2.24) is 0 Å². The molecule has 2 rings (SSSR count). The van der Waals surface area contributed by atoms with Crippen LogP contribution in [0.4, 0.5) is 14.5 Å². The van der Waals surface area contributed by atoms with E-state index >= 15 is 0 Å². The molecule has 0 amide bonds. The standard InChI is InChI=1S/C16H12F2N2O4/c17-16(18)24-15-7-6-13(20(22)23)8-12(15)9-19-10-14(21)11-4-2-1-3-5-11/h1-9,16H,10H2. The number of benzene rings is 2. The van der Waals surface area contributed by atoms with E-state index in [0.717, 1.165) is 24.4 Å². The molecule has 0 radical (unpaired) electrons. The smallest absolute Gasteiger partial charge is 0.387 e.